The molecular weight excluding hydrogens is 314 g/mol. The highest BCUT2D eigenvalue weighted by Gasteiger charge is 2.13. The quantitative estimate of drug-likeness (QED) is 0.823. The van der Waals surface area contributed by atoms with Gasteiger partial charge in [-0.3, -0.25) is 0 Å². The normalized spacial score (nSPS) is 10.2. The molecule has 0 aliphatic rings. The third-order valence-corrected chi connectivity index (χ3v) is 3.91. The molecule has 2 aromatic rings. The zero-order valence-electron chi connectivity index (χ0n) is 11.1. The highest BCUT2D eigenvalue weighted by Crippen LogP contribution is 2.23. The van der Waals surface area contributed by atoms with Crippen molar-refractivity contribution in [1.82, 2.24) is 0 Å². The largest absolute Gasteiger partial charge is 0.478 e. The molecule has 21 heavy (non-hydrogen) atoms. The summed E-state index contributed by atoms with van der Waals surface area (Å²) in [5.74, 6) is -1.43. The van der Waals surface area contributed by atoms with E-state index in [2.05, 4.69) is 5.32 Å². The highest BCUT2D eigenvalue weighted by molar-refractivity contribution is 7.10. The maximum atomic E-state index is 11.7. The van der Waals surface area contributed by atoms with E-state index in [0.29, 0.717) is 22.8 Å². The Labute approximate surface area is 130 Å². The van der Waals surface area contributed by atoms with Crippen molar-refractivity contribution in [3.8, 4) is 0 Å². The number of rotatable bonds is 5. The number of benzene rings is 1. The number of hydrogen-bond donors (Lipinski definition) is 2. The number of nitrogens with one attached hydrogen (secondary N) is 1. The minimum absolute atomic E-state index is 0.246. The molecule has 0 aliphatic carbocycles. The van der Waals surface area contributed by atoms with Crippen molar-refractivity contribution >= 4 is 40.6 Å². The van der Waals surface area contributed by atoms with Crippen molar-refractivity contribution in [3.63, 3.8) is 0 Å². The molecule has 1 aromatic heterocycles. The molecule has 0 atom stereocenters. The number of aromatic carboxylic acids is 1. The fourth-order valence-electron chi connectivity index (χ4n) is 1.72. The minimum atomic E-state index is -0.962. The molecule has 5 nitrogen and oxygen atoms in total. The van der Waals surface area contributed by atoms with Gasteiger partial charge in [0.1, 0.15) is 0 Å². The second kappa shape index (κ2) is 6.60. The number of carbonyl (C=O) groups is 2. The lowest BCUT2D eigenvalue weighted by molar-refractivity contribution is 0.0601. The molecule has 0 saturated heterocycles. The molecular formula is C14H12ClNO4S. The predicted molar refractivity (Wildman–Crippen MR) is 81.4 cm³/mol. The van der Waals surface area contributed by atoms with E-state index < -0.39 is 11.9 Å². The Balaban J connectivity index is 2.16. The lowest BCUT2D eigenvalue weighted by atomic mass is 10.1. The van der Waals surface area contributed by atoms with Crippen LogP contribution in [-0.4, -0.2) is 24.2 Å². The van der Waals surface area contributed by atoms with E-state index >= 15 is 0 Å². The summed E-state index contributed by atoms with van der Waals surface area (Å²) >= 11 is 7.25. The van der Waals surface area contributed by atoms with Crippen molar-refractivity contribution in [1.29, 1.82) is 0 Å². The van der Waals surface area contributed by atoms with Crippen LogP contribution in [0.1, 0.15) is 25.6 Å². The van der Waals surface area contributed by atoms with Crippen LogP contribution in [-0.2, 0) is 11.3 Å². The van der Waals surface area contributed by atoms with Gasteiger partial charge < -0.3 is 15.2 Å². The Morgan fingerprint density at radius 3 is 2.76 bits per heavy atom. The van der Waals surface area contributed by atoms with E-state index in [1.165, 1.54) is 18.4 Å². The standard InChI is InChI=1S/C14H12ClNO4S/c1-20-14(19)11-3-2-9(15)5-12(11)16-6-10-4-8(7-21-10)13(17)18/h2-5,7,16H,6H2,1H3,(H,17,18). The molecule has 2 rings (SSSR count). The number of hydrogen-bond acceptors (Lipinski definition) is 5. The SMILES string of the molecule is COC(=O)c1ccc(Cl)cc1NCc1cc(C(=O)O)cs1. The molecule has 0 bridgehead atoms. The molecule has 7 heteroatoms. The van der Waals surface area contributed by atoms with Gasteiger partial charge in [-0.1, -0.05) is 11.6 Å². The Morgan fingerprint density at radius 2 is 2.14 bits per heavy atom. The van der Waals surface area contributed by atoms with Gasteiger partial charge in [-0.05, 0) is 24.3 Å². The Hall–Kier alpha value is -2.05. The van der Waals surface area contributed by atoms with Crippen LogP contribution in [0.25, 0.3) is 0 Å². The summed E-state index contributed by atoms with van der Waals surface area (Å²) in [6.45, 7) is 0.391. The fourth-order valence-corrected chi connectivity index (χ4v) is 2.69. The summed E-state index contributed by atoms with van der Waals surface area (Å²) in [6.07, 6.45) is 0. The van der Waals surface area contributed by atoms with Crippen molar-refractivity contribution < 1.29 is 19.4 Å². The highest BCUT2D eigenvalue weighted by atomic mass is 35.5. The van der Waals surface area contributed by atoms with Gasteiger partial charge in [-0.2, -0.15) is 0 Å². The first-order valence-electron chi connectivity index (χ1n) is 5.93. The number of carboxylic acid groups (broad SMARTS) is 1. The van der Waals surface area contributed by atoms with Crippen LogP contribution in [0.2, 0.25) is 5.02 Å². The number of esters is 1. The van der Waals surface area contributed by atoms with Gasteiger partial charge in [-0.15, -0.1) is 11.3 Å². The summed E-state index contributed by atoms with van der Waals surface area (Å²) in [4.78, 5) is 23.3. The van der Waals surface area contributed by atoms with E-state index in [1.807, 2.05) is 0 Å². The Bertz CT molecular complexity index is 683. The molecule has 0 radical (unpaired) electrons. The fraction of sp³-hybridized carbons (Fsp3) is 0.143. The zero-order valence-corrected chi connectivity index (χ0v) is 12.6. The predicted octanol–water partition coefficient (Wildman–Crippen LogP) is 3.50. The van der Waals surface area contributed by atoms with Crippen LogP contribution in [0.4, 0.5) is 5.69 Å². The third-order valence-electron chi connectivity index (χ3n) is 2.74. The lowest BCUT2D eigenvalue weighted by Gasteiger charge is -2.10. The summed E-state index contributed by atoms with van der Waals surface area (Å²) < 4.78 is 4.71. The maximum Gasteiger partial charge on any atom is 0.339 e. The van der Waals surface area contributed by atoms with Gasteiger partial charge in [0.05, 0.1) is 23.9 Å². The molecule has 1 aromatic carbocycles. The number of halogens is 1. The number of carboxylic acids is 1. The maximum absolute atomic E-state index is 11.7. The molecule has 110 valence electrons. The average Bonchev–Trinajstić information content (AvgIpc) is 2.93. The van der Waals surface area contributed by atoms with Gasteiger partial charge in [0.2, 0.25) is 0 Å². The monoisotopic (exact) mass is 325 g/mol. The van der Waals surface area contributed by atoms with Gasteiger partial charge in [0.15, 0.2) is 0 Å². The Morgan fingerprint density at radius 1 is 1.38 bits per heavy atom. The average molecular weight is 326 g/mol. The Kier molecular flexibility index (Phi) is 4.82. The summed E-state index contributed by atoms with van der Waals surface area (Å²) in [6, 6.07) is 6.39. The van der Waals surface area contributed by atoms with Crippen LogP contribution in [0.15, 0.2) is 29.6 Å². The van der Waals surface area contributed by atoms with E-state index in [0.717, 1.165) is 4.88 Å². The van der Waals surface area contributed by atoms with Crippen LogP contribution >= 0.6 is 22.9 Å². The number of ether oxygens (including phenoxy) is 1. The van der Waals surface area contributed by atoms with Gasteiger partial charge >= 0.3 is 11.9 Å². The lowest BCUT2D eigenvalue weighted by Crippen LogP contribution is -2.07. The summed E-state index contributed by atoms with van der Waals surface area (Å²) in [5.41, 5.74) is 1.16. The second-order valence-corrected chi connectivity index (χ2v) is 5.57. The first-order chi connectivity index (χ1) is 10.0. The second-order valence-electron chi connectivity index (χ2n) is 4.14. The van der Waals surface area contributed by atoms with E-state index in [1.54, 1.807) is 29.6 Å². The van der Waals surface area contributed by atoms with E-state index in [-0.39, 0.29) is 5.56 Å². The van der Waals surface area contributed by atoms with E-state index in [4.69, 9.17) is 21.4 Å². The van der Waals surface area contributed by atoms with Crippen molar-refractivity contribution in [2.24, 2.45) is 0 Å². The van der Waals surface area contributed by atoms with Crippen LogP contribution < -0.4 is 5.32 Å². The molecule has 0 spiro atoms. The van der Waals surface area contributed by atoms with Crippen molar-refractivity contribution in [2.75, 3.05) is 12.4 Å². The molecule has 0 fully saturated rings. The molecule has 2 N–H and O–H groups in total. The molecule has 0 unspecified atom stereocenters. The van der Waals surface area contributed by atoms with Gasteiger partial charge in [-0.25, -0.2) is 9.59 Å². The van der Waals surface area contributed by atoms with Gasteiger partial charge in [0.25, 0.3) is 0 Å². The molecule has 0 saturated carbocycles. The topological polar surface area (TPSA) is 75.6 Å². The zero-order chi connectivity index (χ0) is 15.4. The third kappa shape index (κ3) is 3.74. The molecule has 0 aliphatic heterocycles. The number of methoxy groups -OCH3 is 1. The number of anilines is 1. The van der Waals surface area contributed by atoms with Crippen molar-refractivity contribution in [3.05, 3.63) is 50.7 Å². The first kappa shape index (κ1) is 15.3. The summed E-state index contributed by atoms with van der Waals surface area (Å²) in [7, 11) is 1.30. The minimum Gasteiger partial charge on any atom is -0.478 e. The van der Waals surface area contributed by atoms with Crippen LogP contribution in [0.5, 0.6) is 0 Å². The van der Waals surface area contributed by atoms with Crippen LogP contribution in [0, 0.1) is 0 Å². The summed E-state index contributed by atoms with van der Waals surface area (Å²) in [5, 5.41) is 14.0. The van der Waals surface area contributed by atoms with E-state index in [9.17, 15) is 9.59 Å². The smallest absolute Gasteiger partial charge is 0.339 e. The number of thiophene rings is 1. The first-order valence-corrected chi connectivity index (χ1v) is 7.19. The molecule has 1 heterocycles. The molecule has 0 amide bonds. The van der Waals surface area contributed by atoms with Crippen LogP contribution in [0.3, 0.4) is 0 Å². The van der Waals surface area contributed by atoms with Gasteiger partial charge in [0, 0.05) is 21.8 Å². The van der Waals surface area contributed by atoms with Crippen molar-refractivity contribution in [2.45, 2.75) is 6.54 Å². The number of carbonyl (C=O) groups excluding carboxylic acids is 1.